The standard InChI is InChI=1S/C23H24N2O3S/c1-14-9-10-19-17(12-14)22(16-6-3-4-7-18(16)25-19)23(27)28-13-21(26)24-15(2)20-8-5-11-29-20/h3-8,11,14-15H,9-10,12-13H2,1-2H3,(H,24,26)/t14-,15-/m0/s1. The first-order valence-electron chi connectivity index (χ1n) is 9.93. The van der Waals surface area contributed by atoms with Crippen molar-refractivity contribution in [2.75, 3.05) is 6.61 Å². The predicted octanol–water partition coefficient (Wildman–Crippen LogP) is 4.46. The van der Waals surface area contributed by atoms with Crippen LogP contribution in [0.2, 0.25) is 0 Å². The molecule has 0 spiro atoms. The van der Waals surface area contributed by atoms with Crippen LogP contribution in [-0.4, -0.2) is 23.5 Å². The van der Waals surface area contributed by atoms with Crippen molar-refractivity contribution < 1.29 is 14.3 Å². The molecule has 1 N–H and O–H groups in total. The van der Waals surface area contributed by atoms with Gasteiger partial charge in [-0.15, -0.1) is 11.3 Å². The Hall–Kier alpha value is -2.73. The van der Waals surface area contributed by atoms with Gasteiger partial charge in [-0.3, -0.25) is 9.78 Å². The molecule has 2 aromatic heterocycles. The van der Waals surface area contributed by atoms with Crippen LogP contribution in [0.25, 0.3) is 10.9 Å². The molecular weight excluding hydrogens is 384 g/mol. The second-order valence-corrected chi connectivity index (χ2v) is 8.64. The van der Waals surface area contributed by atoms with E-state index in [9.17, 15) is 9.59 Å². The van der Waals surface area contributed by atoms with E-state index in [0.29, 0.717) is 11.5 Å². The molecular formula is C23H24N2O3S. The zero-order chi connectivity index (χ0) is 20.4. The summed E-state index contributed by atoms with van der Waals surface area (Å²) in [5, 5.41) is 5.64. The van der Waals surface area contributed by atoms with Crippen molar-refractivity contribution in [3.63, 3.8) is 0 Å². The fourth-order valence-electron chi connectivity index (χ4n) is 3.89. The number of fused-ring (bicyclic) bond motifs is 2. The third-order valence-electron chi connectivity index (χ3n) is 5.39. The molecule has 4 rings (SSSR count). The lowest BCUT2D eigenvalue weighted by molar-refractivity contribution is -0.124. The van der Waals surface area contributed by atoms with Crippen LogP contribution >= 0.6 is 11.3 Å². The fourth-order valence-corrected chi connectivity index (χ4v) is 4.63. The average molecular weight is 409 g/mol. The van der Waals surface area contributed by atoms with Gasteiger partial charge in [-0.2, -0.15) is 0 Å². The fraction of sp³-hybridized carbons (Fsp3) is 0.348. The molecule has 2 heterocycles. The van der Waals surface area contributed by atoms with Crippen LogP contribution in [0, 0.1) is 5.92 Å². The molecule has 1 amide bonds. The third kappa shape index (κ3) is 4.17. The molecule has 150 valence electrons. The molecule has 0 unspecified atom stereocenters. The Morgan fingerprint density at radius 3 is 2.90 bits per heavy atom. The zero-order valence-electron chi connectivity index (χ0n) is 16.6. The number of esters is 1. The number of thiophene rings is 1. The van der Waals surface area contributed by atoms with Crippen molar-refractivity contribution >= 4 is 34.1 Å². The highest BCUT2D eigenvalue weighted by atomic mass is 32.1. The second kappa shape index (κ2) is 8.33. The van der Waals surface area contributed by atoms with E-state index in [1.54, 1.807) is 11.3 Å². The van der Waals surface area contributed by atoms with Gasteiger partial charge < -0.3 is 10.1 Å². The Kier molecular flexibility index (Phi) is 5.62. The van der Waals surface area contributed by atoms with Crippen molar-refractivity contribution in [3.8, 4) is 0 Å². The maximum absolute atomic E-state index is 13.0. The molecule has 29 heavy (non-hydrogen) atoms. The van der Waals surface area contributed by atoms with Gasteiger partial charge in [0.15, 0.2) is 6.61 Å². The van der Waals surface area contributed by atoms with Gasteiger partial charge in [0.25, 0.3) is 5.91 Å². The van der Waals surface area contributed by atoms with Crippen LogP contribution in [0.3, 0.4) is 0 Å². The van der Waals surface area contributed by atoms with E-state index in [1.807, 2.05) is 48.7 Å². The van der Waals surface area contributed by atoms with E-state index >= 15 is 0 Å². The molecule has 5 nitrogen and oxygen atoms in total. The quantitative estimate of drug-likeness (QED) is 0.633. The molecule has 0 bridgehead atoms. The number of nitrogens with one attached hydrogen (secondary N) is 1. The lowest BCUT2D eigenvalue weighted by Crippen LogP contribution is -2.31. The van der Waals surface area contributed by atoms with Gasteiger partial charge in [-0.05, 0) is 55.2 Å². The number of aryl methyl sites for hydroxylation is 1. The number of benzene rings is 1. The Balaban J connectivity index is 1.54. The second-order valence-electron chi connectivity index (χ2n) is 7.66. The van der Waals surface area contributed by atoms with Crippen molar-refractivity contribution in [2.45, 2.75) is 39.2 Å². The zero-order valence-corrected chi connectivity index (χ0v) is 17.4. The third-order valence-corrected chi connectivity index (χ3v) is 6.45. The van der Waals surface area contributed by atoms with Gasteiger partial charge in [0.2, 0.25) is 0 Å². The molecule has 0 fully saturated rings. The Bertz CT molecular complexity index is 1050. The molecule has 0 radical (unpaired) electrons. The first-order valence-corrected chi connectivity index (χ1v) is 10.8. The minimum Gasteiger partial charge on any atom is -0.452 e. The van der Waals surface area contributed by atoms with Gasteiger partial charge in [-0.1, -0.05) is 31.2 Å². The highest BCUT2D eigenvalue weighted by Crippen LogP contribution is 2.32. The van der Waals surface area contributed by atoms with E-state index in [4.69, 9.17) is 9.72 Å². The smallest absolute Gasteiger partial charge is 0.339 e. The minimum atomic E-state index is -0.451. The maximum Gasteiger partial charge on any atom is 0.339 e. The topological polar surface area (TPSA) is 68.3 Å². The van der Waals surface area contributed by atoms with Gasteiger partial charge in [0.05, 0.1) is 17.1 Å². The van der Waals surface area contributed by atoms with Gasteiger partial charge in [0, 0.05) is 16.0 Å². The van der Waals surface area contributed by atoms with Crippen molar-refractivity contribution in [1.82, 2.24) is 10.3 Å². The number of rotatable bonds is 5. The van der Waals surface area contributed by atoms with E-state index in [0.717, 1.165) is 46.3 Å². The SMILES string of the molecule is C[C@H]1CCc2nc3ccccc3c(C(=O)OCC(=O)N[C@@H](C)c3cccs3)c2C1. The van der Waals surface area contributed by atoms with Crippen LogP contribution in [-0.2, 0) is 22.4 Å². The molecule has 2 atom stereocenters. The number of hydrogen-bond acceptors (Lipinski definition) is 5. The number of nitrogens with zero attached hydrogens (tertiary/aromatic N) is 1. The summed E-state index contributed by atoms with van der Waals surface area (Å²) in [6.45, 7) is 3.81. The molecule has 0 aliphatic heterocycles. The van der Waals surface area contributed by atoms with Crippen LogP contribution in [0.15, 0.2) is 41.8 Å². The van der Waals surface area contributed by atoms with E-state index in [1.165, 1.54) is 0 Å². The van der Waals surface area contributed by atoms with E-state index < -0.39 is 5.97 Å². The predicted molar refractivity (Wildman–Crippen MR) is 114 cm³/mol. The van der Waals surface area contributed by atoms with Crippen molar-refractivity contribution in [2.24, 2.45) is 5.92 Å². The van der Waals surface area contributed by atoms with E-state index in [2.05, 4.69) is 12.2 Å². The van der Waals surface area contributed by atoms with Crippen LogP contribution in [0.4, 0.5) is 0 Å². The number of para-hydroxylation sites is 1. The monoisotopic (exact) mass is 408 g/mol. The Morgan fingerprint density at radius 1 is 1.28 bits per heavy atom. The van der Waals surface area contributed by atoms with Crippen LogP contribution in [0.5, 0.6) is 0 Å². The van der Waals surface area contributed by atoms with Crippen LogP contribution in [0.1, 0.15) is 52.8 Å². The first kappa shape index (κ1) is 19.6. The highest BCUT2D eigenvalue weighted by Gasteiger charge is 2.26. The first-order chi connectivity index (χ1) is 14.0. The summed E-state index contributed by atoms with van der Waals surface area (Å²) < 4.78 is 5.44. The van der Waals surface area contributed by atoms with Gasteiger partial charge in [-0.25, -0.2) is 4.79 Å². The molecule has 1 aromatic carbocycles. The number of hydrogen-bond donors (Lipinski definition) is 1. The summed E-state index contributed by atoms with van der Waals surface area (Å²) in [6.07, 6.45) is 2.73. The lowest BCUT2D eigenvalue weighted by atomic mass is 9.84. The normalized spacial score (nSPS) is 16.8. The Morgan fingerprint density at radius 2 is 2.10 bits per heavy atom. The summed E-state index contributed by atoms with van der Waals surface area (Å²) >= 11 is 1.58. The summed E-state index contributed by atoms with van der Waals surface area (Å²) in [4.78, 5) is 31.2. The Labute approximate surface area is 174 Å². The number of pyridine rings is 1. The molecule has 1 aliphatic carbocycles. The number of aromatic nitrogens is 1. The van der Waals surface area contributed by atoms with Gasteiger partial charge in [0.1, 0.15) is 0 Å². The highest BCUT2D eigenvalue weighted by molar-refractivity contribution is 7.10. The number of amides is 1. The minimum absolute atomic E-state index is 0.114. The average Bonchev–Trinajstić information content (AvgIpc) is 3.25. The largest absolute Gasteiger partial charge is 0.452 e. The molecule has 0 saturated heterocycles. The van der Waals surface area contributed by atoms with Gasteiger partial charge >= 0.3 is 5.97 Å². The number of ether oxygens (including phenoxy) is 1. The lowest BCUT2D eigenvalue weighted by Gasteiger charge is -2.24. The summed E-state index contributed by atoms with van der Waals surface area (Å²) in [5.41, 5.74) is 3.31. The molecule has 0 saturated carbocycles. The molecule has 1 aliphatic rings. The molecule has 6 heteroatoms. The van der Waals surface area contributed by atoms with Crippen LogP contribution < -0.4 is 5.32 Å². The van der Waals surface area contributed by atoms with E-state index in [-0.39, 0.29) is 18.6 Å². The van der Waals surface area contributed by atoms with Crippen molar-refractivity contribution in [1.29, 1.82) is 0 Å². The number of carbonyl (C=O) groups is 2. The summed E-state index contributed by atoms with van der Waals surface area (Å²) in [5.74, 6) is -0.264. The summed E-state index contributed by atoms with van der Waals surface area (Å²) in [6, 6.07) is 11.4. The van der Waals surface area contributed by atoms with Crippen molar-refractivity contribution in [3.05, 3.63) is 63.5 Å². The molecule has 3 aromatic rings. The summed E-state index contributed by atoms with van der Waals surface area (Å²) in [7, 11) is 0. The maximum atomic E-state index is 13.0. The number of carbonyl (C=O) groups excluding carboxylic acids is 2.